The number of hydrogen-bond acceptors (Lipinski definition) is 4. The first-order valence-electron chi connectivity index (χ1n) is 8.38. The molecule has 0 unspecified atom stereocenters. The summed E-state index contributed by atoms with van der Waals surface area (Å²) in [6, 6.07) is 0.377. The SMILES string of the molecule is Cc1cnc(C)c(N2CCC(N(C)C(=O)C3CCC3)CC2)n1. The molecule has 1 amide bonds. The molecule has 5 nitrogen and oxygen atoms in total. The highest BCUT2D eigenvalue weighted by molar-refractivity contribution is 5.79. The van der Waals surface area contributed by atoms with Gasteiger partial charge in [-0.1, -0.05) is 6.42 Å². The first-order chi connectivity index (χ1) is 10.6. The summed E-state index contributed by atoms with van der Waals surface area (Å²) >= 11 is 0. The molecule has 0 N–H and O–H groups in total. The van der Waals surface area contributed by atoms with Crippen LogP contribution >= 0.6 is 0 Å². The average Bonchev–Trinajstić information content (AvgIpc) is 2.47. The summed E-state index contributed by atoms with van der Waals surface area (Å²) in [4.78, 5) is 25.7. The van der Waals surface area contributed by atoms with Crippen molar-refractivity contribution >= 4 is 11.7 Å². The van der Waals surface area contributed by atoms with Crippen molar-refractivity contribution in [2.45, 2.75) is 52.0 Å². The molecular formula is C17H26N4O. The van der Waals surface area contributed by atoms with Crippen LogP contribution in [0.2, 0.25) is 0 Å². The lowest BCUT2D eigenvalue weighted by Gasteiger charge is -2.40. The molecule has 0 atom stereocenters. The van der Waals surface area contributed by atoms with Gasteiger partial charge in [-0.15, -0.1) is 0 Å². The molecule has 1 aliphatic carbocycles. The molecule has 0 aromatic carbocycles. The topological polar surface area (TPSA) is 49.3 Å². The highest BCUT2D eigenvalue weighted by Gasteiger charge is 2.32. The van der Waals surface area contributed by atoms with Crippen LogP contribution in [0.3, 0.4) is 0 Å². The number of carbonyl (C=O) groups excluding carboxylic acids is 1. The summed E-state index contributed by atoms with van der Waals surface area (Å²) in [6.07, 6.45) is 7.23. The predicted octanol–water partition coefficient (Wildman–Crippen LogP) is 2.32. The minimum Gasteiger partial charge on any atom is -0.355 e. The highest BCUT2D eigenvalue weighted by atomic mass is 16.2. The van der Waals surface area contributed by atoms with Gasteiger partial charge in [0.15, 0.2) is 0 Å². The molecule has 3 rings (SSSR count). The van der Waals surface area contributed by atoms with Crippen molar-refractivity contribution in [1.29, 1.82) is 0 Å². The molecule has 2 heterocycles. The molecular weight excluding hydrogens is 276 g/mol. The number of anilines is 1. The van der Waals surface area contributed by atoms with Crippen LogP contribution in [0.25, 0.3) is 0 Å². The van der Waals surface area contributed by atoms with Crippen LogP contribution in [0.5, 0.6) is 0 Å². The van der Waals surface area contributed by atoms with Crippen LogP contribution in [0.15, 0.2) is 6.20 Å². The van der Waals surface area contributed by atoms with Crippen molar-refractivity contribution < 1.29 is 4.79 Å². The van der Waals surface area contributed by atoms with E-state index < -0.39 is 0 Å². The van der Waals surface area contributed by atoms with E-state index in [2.05, 4.69) is 14.9 Å². The molecule has 22 heavy (non-hydrogen) atoms. The summed E-state index contributed by atoms with van der Waals surface area (Å²) in [5.41, 5.74) is 1.95. The Balaban J connectivity index is 1.60. The number of carbonyl (C=O) groups is 1. The fourth-order valence-corrected chi connectivity index (χ4v) is 3.41. The molecule has 1 aromatic heterocycles. The van der Waals surface area contributed by atoms with Gasteiger partial charge in [-0.2, -0.15) is 0 Å². The highest BCUT2D eigenvalue weighted by Crippen LogP contribution is 2.30. The molecule has 1 aliphatic heterocycles. The maximum absolute atomic E-state index is 12.4. The van der Waals surface area contributed by atoms with E-state index >= 15 is 0 Å². The minimum absolute atomic E-state index is 0.299. The Labute approximate surface area is 132 Å². The van der Waals surface area contributed by atoms with Gasteiger partial charge in [-0.05, 0) is 39.5 Å². The van der Waals surface area contributed by atoms with Crippen LogP contribution in [0, 0.1) is 19.8 Å². The zero-order chi connectivity index (χ0) is 15.7. The summed E-state index contributed by atoms with van der Waals surface area (Å²) < 4.78 is 0. The zero-order valence-corrected chi connectivity index (χ0v) is 13.9. The number of nitrogens with zero attached hydrogens (tertiary/aromatic N) is 4. The second-order valence-corrected chi connectivity index (χ2v) is 6.72. The summed E-state index contributed by atoms with van der Waals surface area (Å²) in [6.45, 7) is 5.89. The first-order valence-corrected chi connectivity index (χ1v) is 8.38. The molecule has 0 spiro atoms. The van der Waals surface area contributed by atoms with Gasteiger partial charge in [0.25, 0.3) is 0 Å². The lowest BCUT2D eigenvalue weighted by Crippen LogP contribution is -2.48. The van der Waals surface area contributed by atoms with E-state index in [1.807, 2.05) is 32.0 Å². The molecule has 2 aliphatic rings. The van der Waals surface area contributed by atoms with Crippen molar-refractivity contribution in [2.24, 2.45) is 5.92 Å². The van der Waals surface area contributed by atoms with Crippen molar-refractivity contribution in [1.82, 2.24) is 14.9 Å². The standard InChI is InChI=1S/C17H26N4O/c1-12-11-18-13(2)16(19-12)21-9-7-15(8-10-21)20(3)17(22)14-5-4-6-14/h11,14-15H,4-10H2,1-3H3. The largest absolute Gasteiger partial charge is 0.355 e. The Hall–Kier alpha value is -1.65. The molecule has 0 bridgehead atoms. The second kappa shape index (κ2) is 6.23. The molecule has 1 aromatic rings. The van der Waals surface area contributed by atoms with E-state index in [1.165, 1.54) is 6.42 Å². The number of aromatic nitrogens is 2. The van der Waals surface area contributed by atoms with Gasteiger partial charge in [-0.25, -0.2) is 4.98 Å². The number of piperidine rings is 1. The Bertz CT molecular complexity index is 548. The van der Waals surface area contributed by atoms with E-state index in [9.17, 15) is 4.79 Å². The maximum atomic E-state index is 12.4. The Morgan fingerprint density at radius 1 is 1.23 bits per heavy atom. The number of hydrogen-bond donors (Lipinski definition) is 0. The van der Waals surface area contributed by atoms with E-state index in [4.69, 9.17) is 0 Å². The maximum Gasteiger partial charge on any atom is 0.225 e. The molecule has 0 radical (unpaired) electrons. The van der Waals surface area contributed by atoms with E-state index in [0.29, 0.717) is 17.9 Å². The van der Waals surface area contributed by atoms with Gasteiger partial charge >= 0.3 is 0 Å². The second-order valence-electron chi connectivity index (χ2n) is 6.72. The third kappa shape index (κ3) is 2.94. The smallest absolute Gasteiger partial charge is 0.225 e. The van der Waals surface area contributed by atoms with Gasteiger partial charge < -0.3 is 9.80 Å². The van der Waals surface area contributed by atoms with Gasteiger partial charge in [0.1, 0.15) is 5.82 Å². The number of aryl methyl sites for hydroxylation is 2. The summed E-state index contributed by atoms with van der Waals surface area (Å²) in [5.74, 6) is 1.66. The Kier molecular flexibility index (Phi) is 4.32. The molecule has 120 valence electrons. The third-order valence-corrected chi connectivity index (χ3v) is 5.16. The lowest BCUT2D eigenvalue weighted by molar-refractivity contribution is -0.139. The summed E-state index contributed by atoms with van der Waals surface area (Å²) in [5, 5.41) is 0. The fraction of sp³-hybridized carbons (Fsp3) is 0.706. The van der Waals surface area contributed by atoms with Crippen molar-refractivity contribution in [3.63, 3.8) is 0 Å². The Morgan fingerprint density at radius 2 is 1.91 bits per heavy atom. The quantitative estimate of drug-likeness (QED) is 0.860. The van der Waals surface area contributed by atoms with Crippen molar-refractivity contribution in [3.05, 3.63) is 17.6 Å². The van der Waals surface area contributed by atoms with Gasteiger partial charge in [0, 0.05) is 38.3 Å². The van der Waals surface area contributed by atoms with Gasteiger partial charge in [-0.3, -0.25) is 9.78 Å². The Morgan fingerprint density at radius 3 is 2.50 bits per heavy atom. The minimum atomic E-state index is 0.299. The van der Waals surface area contributed by atoms with Crippen LogP contribution in [-0.4, -0.2) is 47.0 Å². The first kappa shape index (κ1) is 15.3. The normalized spacial score (nSPS) is 19.9. The van der Waals surface area contributed by atoms with Gasteiger partial charge in [0.05, 0.1) is 11.4 Å². The molecule has 1 saturated carbocycles. The van der Waals surface area contributed by atoms with E-state index in [1.54, 1.807) is 0 Å². The molecule has 1 saturated heterocycles. The monoisotopic (exact) mass is 302 g/mol. The van der Waals surface area contributed by atoms with Crippen LogP contribution in [0.1, 0.15) is 43.5 Å². The van der Waals surface area contributed by atoms with Gasteiger partial charge in [0.2, 0.25) is 5.91 Å². The average molecular weight is 302 g/mol. The number of rotatable bonds is 3. The summed E-state index contributed by atoms with van der Waals surface area (Å²) in [7, 11) is 1.98. The van der Waals surface area contributed by atoms with Crippen molar-refractivity contribution in [2.75, 3.05) is 25.0 Å². The zero-order valence-electron chi connectivity index (χ0n) is 13.9. The lowest BCUT2D eigenvalue weighted by atomic mass is 9.84. The fourth-order valence-electron chi connectivity index (χ4n) is 3.41. The number of amides is 1. The third-order valence-electron chi connectivity index (χ3n) is 5.16. The predicted molar refractivity (Wildman–Crippen MR) is 86.9 cm³/mol. The van der Waals surface area contributed by atoms with E-state index in [0.717, 1.165) is 56.0 Å². The van der Waals surface area contributed by atoms with Crippen LogP contribution in [0.4, 0.5) is 5.82 Å². The van der Waals surface area contributed by atoms with E-state index in [-0.39, 0.29) is 0 Å². The molecule has 5 heteroatoms. The van der Waals surface area contributed by atoms with Crippen LogP contribution < -0.4 is 4.90 Å². The molecule has 2 fully saturated rings. The van der Waals surface area contributed by atoms with Crippen LogP contribution in [-0.2, 0) is 4.79 Å². The van der Waals surface area contributed by atoms with Crippen molar-refractivity contribution in [3.8, 4) is 0 Å².